The van der Waals surface area contributed by atoms with Crippen LogP contribution < -0.4 is 5.73 Å². The van der Waals surface area contributed by atoms with Crippen molar-refractivity contribution in [1.29, 1.82) is 0 Å². The molecule has 0 saturated heterocycles. The SMILES string of the molecule is N[C@H](CC(=O)O)Cc1ccsc1. The maximum atomic E-state index is 10.3. The van der Waals surface area contributed by atoms with E-state index in [9.17, 15) is 4.79 Å². The summed E-state index contributed by atoms with van der Waals surface area (Å²) in [5, 5.41) is 12.4. The van der Waals surface area contributed by atoms with Crippen LogP contribution in [0.1, 0.15) is 12.0 Å². The summed E-state index contributed by atoms with van der Waals surface area (Å²) in [6, 6.07) is 1.70. The predicted octanol–water partition coefficient (Wildman–Crippen LogP) is 1.09. The molecule has 0 fully saturated rings. The number of nitrogens with two attached hydrogens (primary N) is 1. The molecule has 0 aromatic carbocycles. The van der Waals surface area contributed by atoms with Crippen LogP contribution in [0.25, 0.3) is 0 Å². The Morgan fingerprint density at radius 3 is 3.00 bits per heavy atom. The Morgan fingerprint density at radius 1 is 1.75 bits per heavy atom. The van der Waals surface area contributed by atoms with Gasteiger partial charge in [-0.2, -0.15) is 11.3 Å². The van der Waals surface area contributed by atoms with Crippen LogP contribution in [-0.2, 0) is 11.2 Å². The van der Waals surface area contributed by atoms with Gasteiger partial charge in [-0.05, 0) is 28.8 Å². The smallest absolute Gasteiger partial charge is 0.304 e. The number of aliphatic carboxylic acids is 1. The first-order valence-electron chi connectivity index (χ1n) is 3.67. The van der Waals surface area contributed by atoms with Crippen LogP contribution >= 0.6 is 11.3 Å². The molecule has 0 radical (unpaired) electrons. The summed E-state index contributed by atoms with van der Waals surface area (Å²) in [5.74, 6) is -0.835. The van der Waals surface area contributed by atoms with Gasteiger partial charge in [0.2, 0.25) is 0 Å². The lowest BCUT2D eigenvalue weighted by Crippen LogP contribution is -2.25. The van der Waals surface area contributed by atoms with Gasteiger partial charge >= 0.3 is 5.97 Å². The van der Waals surface area contributed by atoms with E-state index in [1.54, 1.807) is 11.3 Å². The quantitative estimate of drug-likeness (QED) is 0.738. The zero-order valence-corrected chi connectivity index (χ0v) is 7.38. The highest BCUT2D eigenvalue weighted by Gasteiger charge is 2.08. The van der Waals surface area contributed by atoms with E-state index in [-0.39, 0.29) is 12.5 Å². The van der Waals surface area contributed by atoms with Crippen molar-refractivity contribution in [3.63, 3.8) is 0 Å². The van der Waals surface area contributed by atoms with Crippen molar-refractivity contribution < 1.29 is 9.90 Å². The first-order valence-corrected chi connectivity index (χ1v) is 4.61. The summed E-state index contributed by atoms with van der Waals surface area (Å²) in [4.78, 5) is 10.3. The van der Waals surface area contributed by atoms with Gasteiger partial charge in [0.05, 0.1) is 6.42 Å². The highest BCUT2D eigenvalue weighted by Crippen LogP contribution is 2.08. The summed E-state index contributed by atoms with van der Waals surface area (Å²) in [6.45, 7) is 0. The van der Waals surface area contributed by atoms with Crippen LogP contribution in [0.5, 0.6) is 0 Å². The molecule has 4 heteroatoms. The highest BCUT2D eigenvalue weighted by atomic mass is 32.1. The second-order valence-corrected chi connectivity index (χ2v) is 3.47. The topological polar surface area (TPSA) is 63.3 Å². The van der Waals surface area contributed by atoms with E-state index < -0.39 is 5.97 Å². The third-order valence-electron chi connectivity index (χ3n) is 1.51. The Hall–Kier alpha value is -0.870. The molecule has 3 N–H and O–H groups in total. The number of rotatable bonds is 4. The molecule has 3 nitrogen and oxygen atoms in total. The molecule has 1 heterocycles. The fourth-order valence-corrected chi connectivity index (χ4v) is 1.69. The molecule has 12 heavy (non-hydrogen) atoms. The molecule has 1 aromatic heterocycles. The lowest BCUT2D eigenvalue weighted by Gasteiger charge is -2.05. The lowest BCUT2D eigenvalue weighted by atomic mass is 10.1. The van der Waals surface area contributed by atoms with Crippen LogP contribution in [-0.4, -0.2) is 17.1 Å². The van der Waals surface area contributed by atoms with Gasteiger partial charge in [-0.3, -0.25) is 4.79 Å². The Balaban J connectivity index is 2.36. The second kappa shape index (κ2) is 4.23. The molecule has 0 aliphatic carbocycles. The van der Waals surface area contributed by atoms with Crippen molar-refractivity contribution in [2.24, 2.45) is 5.73 Å². The van der Waals surface area contributed by atoms with Gasteiger partial charge in [0.25, 0.3) is 0 Å². The minimum absolute atomic E-state index is 0.0375. The van der Waals surface area contributed by atoms with Crippen LogP contribution in [0, 0.1) is 0 Å². The Kier molecular flexibility index (Phi) is 3.25. The van der Waals surface area contributed by atoms with Crippen LogP contribution in [0.15, 0.2) is 16.8 Å². The average molecular weight is 185 g/mol. The van der Waals surface area contributed by atoms with Crippen LogP contribution in [0.4, 0.5) is 0 Å². The van der Waals surface area contributed by atoms with Crippen molar-refractivity contribution in [2.75, 3.05) is 0 Å². The maximum absolute atomic E-state index is 10.3. The van der Waals surface area contributed by atoms with Crippen LogP contribution in [0.3, 0.4) is 0 Å². The Bertz CT molecular complexity index is 246. The summed E-state index contributed by atoms with van der Waals surface area (Å²) in [6.07, 6.45) is 0.686. The van der Waals surface area contributed by atoms with Gasteiger partial charge in [-0.15, -0.1) is 0 Å². The average Bonchev–Trinajstić information content (AvgIpc) is 2.37. The molecule has 0 aliphatic rings. The van der Waals surface area contributed by atoms with Gasteiger partial charge < -0.3 is 10.8 Å². The lowest BCUT2D eigenvalue weighted by molar-refractivity contribution is -0.137. The number of carbonyl (C=O) groups is 1. The van der Waals surface area contributed by atoms with E-state index in [4.69, 9.17) is 10.8 Å². The first kappa shape index (κ1) is 9.22. The maximum Gasteiger partial charge on any atom is 0.304 e. The van der Waals surface area contributed by atoms with Crippen LogP contribution in [0.2, 0.25) is 0 Å². The fourth-order valence-electron chi connectivity index (χ4n) is 1.01. The molecule has 0 saturated carbocycles. The van der Waals surface area contributed by atoms with Crippen molar-refractivity contribution >= 4 is 17.3 Å². The normalized spacial score (nSPS) is 12.8. The van der Waals surface area contributed by atoms with Crippen molar-refractivity contribution in [3.8, 4) is 0 Å². The van der Waals surface area contributed by atoms with Gasteiger partial charge in [0.15, 0.2) is 0 Å². The molecule has 0 unspecified atom stereocenters. The van der Waals surface area contributed by atoms with Gasteiger partial charge in [0.1, 0.15) is 0 Å². The molecular weight excluding hydrogens is 174 g/mol. The van der Waals surface area contributed by atoms with Gasteiger partial charge in [0, 0.05) is 6.04 Å². The van der Waals surface area contributed by atoms with Crippen molar-refractivity contribution in [2.45, 2.75) is 18.9 Å². The summed E-state index contributed by atoms with van der Waals surface area (Å²) >= 11 is 1.60. The summed E-state index contributed by atoms with van der Waals surface area (Å²) < 4.78 is 0. The zero-order valence-electron chi connectivity index (χ0n) is 6.56. The second-order valence-electron chi connectivity index (χ2n) is 2.69. The predicted molar refractivity (Wildman–Crippen MR) is 48.3 cm³/mol. The molecule has 0 aliphatic heterocycles. The number of carboxylic acids is 1. The van der Waals surface area contributed by atoms with E-state index in [2.05, 4.69) is 0 Å². The minimum Gasteiger partial charge on any atom is -0.481 e. The van der Waals surface area contributed by atoms with E-state index in [1.165, 1.54) is 0 Å². The molecule has 0 bridgehead atoms. The Morgan fingerprint density at radius 2 is 2.50 bits per heavy atom. The molecule has 0 spiro atoms. The molecule has 66 valence electrons. The van der Waals surface area contributed by atoms with E-state index in [0.717, 1.165) is 5.56 Å². The monoisotopic (exact) mass is 185 g/mol. The molecule has 1 rings (SSSR count). The largest absolute Gasteiger partial charge is 0.481 e. The third-order valence-corrected chi connectivity index (χ3v) is 2.25. The van der Waals surface area contributed by atoms with E-state index >= 15 is 0 Å². The summed E-state index contributed by atoms with van der Waals surface area (Å²) in [7, 11) is 0. The Labute approximate surface area is 74.8 Å². The first-order chi connectivity index (χ1) is 5.68. The molecular formula is C8H11NO2S. The molecule has 1 atom stereocenters. The van der Waals surface area contributed by atoms with Crippen molar-refractivity contribution in [3.05, 3.63) is 22.4 Å². The van der Waals surface area contributed by atoms with Crippen molar-refractivity contribution in [1.82, 2.24) is 0 Å². The van der Waals surface area contributed by atoms with Gasteiger partial charge in [-0.25, -0.2) is 0 Å². The third kappa shape index (κ3) is 3.02. The van der Waals surface area contributed by atoms with E-state index in [0.29, 0.717) is 6.42 Å². The molecule has 1 aromatic rings. The van der Waals surface area contributed by atoms with Gasteiger partial charge in [-0.1, -0.05) is 0 Å². The number of hydrogen-bond donors (Lipinski definition) is 2. The number of carboxylic acid groups (broad SMARTS) is 1. The zero-order chi connectivity index (χ0) is 8.97. The fraction of sp³-hybridized carbons (Fsp3) is 0.375. The number of hydrogen-bond acceptors (Lipinski definition) is 3. The highest BCUT2D eigenvalue weighted by molar-refractivity contribution is 7.07. The number of thiophene rings is 1. The van der Waals surface area contributed by atoms with E-state index in [1.807, 2.05) is 16.8 Å². The standard InChI is InChI=1S/C8H11NO2S/c9-7(4-8(10)11)3-6-1-2-12-5-6/h1-2,5,7H,3-4,9H2,(H,10,11)/t7-/m0/s1. The minimum atomic E-state index is -0.835. The molecule has 0 amide bonds. The summed E-state index contributed by atoms with van der Waals surface area (Å²) in [5.41, 5.74) is 6.71.